The van der Waals surface area contributed by atoms with E-state index in [-0.39, 0.29) is 0 Å². The maximum atomic E-state index is 6.27. The highest BCUT2D eigenvalue weighted by Gasteiger charge is 2.27. The summed E-state index contributed by atoms with van der Waals surface area (Å²) >= 11 is 1.43. The molecule has 0 fully saturated rings. The van der Waals surface area contributed by atoms with Crippen LogP contribution in [0.25, 0.3) is 11.3 Å². The first kappa shape index (κ1) is 17.6. The van der Waals surface area contributed by atoms with Gasteiger partial charge in [-0.25, -0.2) is 0 Å². The summed E-state index contributed by atoms with van der Waals surface area (Å²) in [4.78, 5) is 4.54. The number of hydrogen-bond donors (Lipinski definition) is 1. The van der Waals surface area contributed by atoms with Gasteiger partial charge in [0.1, 0.15) is 5.75 Å². The van der Waals surface area contributed by atoms with Crippen molar-refractivity contribution in [2.75, 3.05) is 18.2 Å². The number of ether oxygens (including phenoxy) is 2. The Hall–Kier alpha value is -2.80. The quantitative estimate of drug-likeness (QED) is 0.651. The molecule has 0 saturated carbocycles. The second kappa shape index (κ2) is 7.84. The van der Waals surface area contributed by atoms with E-state index >= 15 is 0 Å². The van der Waals surface area contributed by atoms with Crippen LogP contribution >= 0.6 is 11.8 Å². The van der Waals surface area contributed by atoms with Gasteiger partial charge in [0.25, 0.3) is 0 Å². The van der Waals surface area contributed by atoms with Crippen LogP contribution in [0.3, 0.4) is 0 Å². The van der Waals surface area contributed by atoms with E-state index < -0.39 is 6.23 Å². The third kappa shape index (κ3) is 3.55. The third-order valence-corrected chi connectivity index (χ3v) is 4.72. The Balaban J connectivity index is 1.81. The Labute approximate surface area is 162 Å². The van der Waals surface area contributed by atoms with Crippen LogP contribution in [0.5, 0.6) is 11.6 Å². The van der Waals surface area contributed by atoms with Crippen molar-refractivity contribution in [1.82, 2.24) is 15.2 Å². The van der Waals surface area contributed by atoms with Gasteiger partial charge in [0.05, 0.1) is 12.2 Å². The molecule has 1 unspecified atom stereocenters. The molecule has 1 aliphatic heterocycles. The second-order valence-corrected chi connectivity index (χ2v) is 6.80. The van der Waals surface area contributed by atoms with E-state index in [1.807, 2.05) is 54.8 Å². The van der Waals surface area contributed by atoms with Gasteiger partial charge in [-0.15, -0.1) is 10.2 Å². The molecule has 138 valence electrons. The average Bonchev–Trinajstić information content (AvgIpc) is 2.88. The second-order valence-electron chi connectivity index (χ2n) is 6.03. The summed E-state index contributed by atoms with van der Waals surface area (Å²) in [7, 11) is 0. The molecule has 7 heteroatoms. The van der Waals surface area contributed by atoms with Crippen molar-refractivity contribution in [1.29, 1.82) is 0 Å². The molecule has 1 aromatic heterocycles. The summed E-state index contributed by atoms with van der Waals surface area (Å²) in [5.74, 6) is 1.26. The molecule has 6 nitrogen and oxygen atoms in total. The van der Waals surface area contributed by atoms with Gasteiger partial charge in [-0.05, 0) is 30.9 Å². The number of thioether (sulfide) groups is 1. The van der Waals surface area contributed by atoms with Gasteiger partial charge in [0.15, 0.2) is 5.69 Å². The van der Waals surface area contributed by atoms with Crippen molar-refractivity contribution in [2.24, 2.45) is 0 Å². The molecule has 0 amide bonds. The van der Waals surface area contributed by atoms with Crippen molar-refractivity contribution in [3.05, 3.63) is 54.1 Å². The van der Waals surface area contributed by atoms with E-state index in [1.54, 1.807) is 0 Å². The molecule has 0 radical (unpaired) electrons. The monoisotopic (exact) mass is 380 g/mol. The molecule has 2 heterocycles. The normalized spacial score (nSPS) is 15.0. The number of benzene rings is 2. The standard InChI is InChI=1S/C20H20N4O2S/c1-3-12-25-16-11-7-5-9-14(16)18-21-15-10-6-4-8-13(15)17-19(26-18)22-20(27-2)24-23-17/h4-11,18,21H,3,12H2,1-2H3. The lowest BCUT2D eigenvalue weighted by Crippen LogP contribution is -2.18. The smallest absolute Gasteiger partial charge is 0.247 e. The van der Waals surface area contributed by atoms with E-state index in [9.17, 15) is 0 Å². The maximum absolute atomic E-state index is 6.27. The molecular formula is C20H20N4O2S. The molecule has 0 saturated heterocycles. The van der Waals surface area contributed by atoms with Crippen LogP contribution in [0, 0.1) is 0 Å². The Morgan fingerprint density at radius 2 is 1.93 bits per heavy atom. The Bertz CT molecular complexity index is 951. The summed E-state index contributed by atoms with van der Waals surface area (Å²) in [5, 5.41) is 12.6. The predicted molar refractivity (Wildman–Crippen MR) is 106 cm³/mol. The number of hydrogen-bond acceptors (Lipinski definition) is 7. The fourth-order valence-electron chi connectivity index (χ4n) is 2.92. The van der Waals surface area contributed by atoms with E-state index in [2.05, 4.69) is 27.4 Å². The van der Waals surface area contributed by atoms with Gasteiger partial charge < -0.3 is 14.8 Å². The molecule has 1 N–H and O–H groups in total. The molecule has 3 aromatic rings. The zero-order chi connectivity index (χ0) is 18.6. The lowest BCUT2D eigenvalue weighted by Gasteiger charge is -2.21. The number of para-hydroxylation sites is 2. The summed E-state index contributed by atoms with van der Waals surface area (Å²) in [6, 6.07) is 15.8. The number of nitrogens with one attached hydrogen (secondary N) is 1. The van der Waals surface area contributed by atoms with Crippen molar-refractivity contribution in [3.63, 3.8) is 0 Å². The Morgan fingerprint density at radius 1 is 1.11 bits per heavy atom. The molecule has 27 heavy (non-hydrogen) atoms. The minimum Gasteiger partial charge on any atom is -0.493 e. The largest absolute Gasteiger partial charge is 0.493 e. The van der Waals surface area contributed by atoms with Gasteiger partial charge in [-0.3, -0.25) is 0 Å². The zero-order valence-electron chi connectivity index (χ0n) is 15.2. The Kier molecular flexibility index (Phi) is 5.11. The number of fused-ring (bicyclic) bond motifs is 3. The fourth-order valence-corrected chi connectivity index (χ4v) is 3.21. The lowest BCUT2D eigenvalue weighted by molar-refractivity contribution is 0.215. The molecule has 1 atom stereocenters. The van der Waals surface area contributed by atoms with Crippen LogP contribution in [-0.2, 0) is 0 Å². The van der Waals surface area contributed by atoms with E-state index in [0.29, 0.717) is 23.3 Å². The summed E-state index contributed by atoms with van der Waals surface area (Å²) in [6.07, 6.45) is 2.40. The molecule has 0 spiro atoms. The number of anilines is 1. The third-order valence-electron chi connectivity index (χ3n) is 4.18. The van der Waals surface area contributed by atoms with E-state index in [0.717, 1.165) is 29.0 Å². The minimum atomic E-state index is -0.452. The zero-order valence-corrected chi connectivity index (χ0v) is 16.0. The van der Waals surface area contributed by atoms with Crippen LogP contribution in [0.4, 0.5) is 5.69 Å². The highest BCUT2D eigenvalue weighted by Crippen LogP contribution is 2.40. The minimum absolute atomic E-state index is 0.452. The van der Waals surface area contributed by atoms with Crippen LogP contribution in [-0.4, -0.2) is 28.0 Å². The first-order valence-electron chi connectivity index (χ1n) is 8.83. The first-order chi connectivity index (χ1) is 13.3. The van der Waals surface area contributed by atoms with Crippen molar-refractivity contribution in [3.8, 4) is 22.9 Å². The van der Waals surface area contributed by atoms with E-state index in [4.69, 9.17) is 9.47 Å². The van der Waals surface area contributed by atoms with Crippen LogP contribution in [0.15, 0.2) is 53.7 Å². The van der Waals surface area contributed by atoms with Gasteiger partial charge in [-0.2, -0.15) is 4.98 Å². The van der Waals surface area contributed by atoms with Crippen molar-refractivity contribution >= 4 is 17.4 Å². The lowest BCUT2D eigenvalue weighted by atomic mass is 10.1. The van der Waals surface area contributed by atoms with Gasteiger partial charge in [-0.1, -0.05) is 49.0 Å². The molecule has 0 bridgehead atoms. The Morgan fingerprint density at radius 3 is 2.78 bits per heavy atom. The topological polar surface area (TPSA) is 69.2 Å². The van der Waals surface area contributed by atoms with E-state index in [1.165, 1.54) is 11.8 Å². The molecule has 0 aliphatic carbocycles. The van der Waals surface area contributed by atoms with Crippen LogP contribution in [0.2, 0.25) is 0 Å². The molecule has 4 rings (SSSR count). The van der Waals surface area contributed by atoms with Crippen LogP contribution < -0.4 is 14.8 Å². The SMILES string of the molecule is CCCOc1ccccc1C1Nc2ccccc2-c2nnc(SC)nc2O1. The number of aromatic nitrogens is 3. The summed E-state index contributed by atoms with van der Waals surface area (Å²) in [5.41, 5.74) is 3.37. The maximum Gasteiger partial charge on any atom is 0.247 e. The fraction of sp³-hybridized carbons (Fsp3) is 0.250. The molecule has 1 aliphatic rings. The first-order valence-corrected chi connectivity index (χ1v) is 10.1. The highest BCUT2D eigenvalue weighted by molar-refractivity contribution is 7.98. The molecule has 2 aromatic carbocycles. The molecular weight excluding hydrogens is 360 g/mol. The van der Waals surface area contributed by atoms with Gasteiger partial charge >= 0.3 is 0 Å². The van der Waals surface area contributed by atoms with Crippen molar-refractivity contribution in [2.45, 2.75) is 24.7 Å². The van der Waals surface area contributed by atoms with Crippen LogP contribution in [0.1, 0.15) is 25.1 Å². The number of nitrogens with zero attached hydrogens (tertiary/aromatic N) is 3. The predicted octanol–water partition coefficient (Wildman–Crippen LogP) is 4.55. The highest BCUT2D eigenvalue weighted by atomic mass is 32.2. The van der Waals surface area contributed by atoms with Gasteiger partial charge in [0, 0.05) is 11.3 Å². The van der Waals surface area contributed by atoms with Gasteiger partial charge in [0.2, 0.25) is 17.3 Å². The van der Waals surface area contributed by atoms with Crippen molar-refractivity contribution < 1.29 is 9.47 Å². The average molecular weight is 380 g/mol. The number of rotatable bonds is 5. The summed E-state index contributed by atoms with van der Waals surface area (Å²) in [6.45, 7) is 2.74. The summed E-state index contributed by atoms with van der Waals surface area (Å²) < 4.78 is 12.2.